The maximum absolute atomic E-state index is 12.6. The van der Waals surface area contributed by atoms with E-state index in [2.05, 4.69) is 54.5 Å². The van der Waals surface area contributed by atoms with Crippen LogP contribution in [0.3, 0.4) is 0 Å². The van der Waals surface area contributed by atoms with Crippen molar-refractivity contribution < 1.29 is 4.79 Å². The van der Waals surface area contributed by atoms with Gasteiger partial charge in [-0.2, -0.15) is 5.10 Å². The lowest BCUT2D eigenvalue weighted by atomic mass is 10.1. The van der Waals surface area contributed by atoms with Gasteiger partial charge in [-0.05, 0) is 42.8 Å². The minimum Gasteiger partial charge on any atom is -0.335 e. The van der Waals surface area contributed by atoms with Gasteiger partial charge < -0.3 is 10.3 Å². The van der Waals surface area contributed by atoms with E-state index < -0.39 is 0 Å². The maximum atomic E-state index is 12.6. The zero-order valence-electron chi connectivity index (χ0n) is 21.3. The number of benzene rings is 1. The van der Waals surface area contributed by atoms with E-state index in [1.165, 1.54) is 4.88 Å². The standard InChI is InChI=1S/C30H22N8OS/c1-17-7-8-25(40-17)21-9-10-32-29-27(21)35-30(36-29)28-22-13-23(33-16-24(22)37-38-28)19-12-20(15-31-14-19)34-26(39)11-18-5-3-2-4-6-18/h2-10,12-16H,11H2,1H3,(H,34,39)(H,37,38)(H,32,35,36). The number of hydrogen-bond donors (Lipinski definition) is 3. The lowest BCUT2D eigenvalue weighted by Gasteiger charge is -2.07. The Balaban J connectivity index is 1.21. The van der Waals surface area contributed by atoms with E-state index in [0.29, 0.717) is 28.5 Å². The molecule has 0 saturated carbocycles. The fraction of sp³-hybridized carbons (Fsp3) is 0.0667. The number of pyridine rings is 3. The molecule has 0 fully saturated rings. The summed E-state index contributed by atoms with van der Waals surface area (Å²) in [6.07, 6.45) is 7.15. The third kappa shape index (κ3) is 4.50. The van der Waals surface area contributed by atoms with Gasteiger partial charge in [0.25, 0.3) is 0 Å². The van der Waals surface area contributed by atoms with E-state index in [9.17, 15) is 4.79 Å². The Morgan fingerprint density at radius 1 is 1.00 bits per heavy atom. The number of aromatic amines is 2. The topological polar surface area (TPSA) is 125 Å². The summed E-state index contributed by atoms with van der Waals surface area (Å²) in [5, 5.41) is 11.4. The minimum absolute atomic E-state index is 0.110. The highest BCUT2D eigenvalue weighted by Crippen LogP contribution is 2.34. The van der Waals surface area contributed by atoms with Crippen LogP contribution in [0.5, 0.6) is 0 Å². The van der Waals surface area contributed by atoms with Crippen LogP contribution in [0.4, 0.5) is 5.69 Å². The highest BCUT2D eigenvalue weighted by molar-refractivity contribution is 7.15. The highest BCUT2D eigenvalue weighted by Gasteiger charge is 2.17. The molecule has 6 aromatic heterocycles. The van der Waals surface area contributed by atoms with E-state index in [0.717, 1.165) is 38.0 Å². The number of hydrogen-bond acceptors (Lipinski definition) is 7. The first-order valence-electron chi connectivity index (χ1n) is 12.7. The fourth-order valence-electron chi connectivity index (χ4n) is 4.70. The molecule has 1 amide bonds. The predicted molar refractivity (Wildman–Crippen MR) is 157 cm³/mol. The number of nitrogens with one attached hydrogen (secondary N) is 3. The number of rotatable bonds is 6. The molecular weight excluding hydrogens is 520 g/mol. The number of imidazole rings is 1. The smallest absolute Gasteiger partial charge is 0.228 e. The van der Waals surface area contributed by atoms with Crippen LogP contribution in [-0.2, 0) is 11.2 Å². The molecule has 0 aliphatic carbocycles. The summed E-state index contributed by atoms with van der Waals surface area (Å²) in [5.41, 5.74) is 7.03. The van der Waals surface area contributed by atoms with Gasteiger partial charge >= 0.3 is 0 Å². The predicted octanol–water partition coefficient (Wildman–Crippen LogP) is 6.18. The van der Waals surface area contributed by atoms with Crippen LogP contribution in [0.25, 0.3) is 55.3 Å². The molecule has 10 heteroatoms. The summed E-state index contributed by atoms with van der Waals surface area (Å²) in [5.74, 6) is 0.507. The molecule has 0 aliphatic heterocycles. The summed E-state index contributed by atoms with van der Waals surface area (Å²) in [4.78, 5) is 36.6. The van der Waals surface area contributed by atoms with Crippen molar-refractivity contribution in [2.45, 2.75) is 13.3 Å². The van der Waals surface area contributed by atoms with Crippen molar-refractivity contribution in [3.8, 4) is 33.2 Å². The van der Waals surface area contributed by atoms with Gasteiger partial charge in [-0.1, -0.05) is 30.3 Å². The molecule has 0 unspecified atom stereocenters. The van der Waals surface area contributed by atoms with Crippen LogP contribution < -0.4 is 5.32 Å². The van der Waals surface area contributed by atoms with Crippen LogP contribution in [0, 0.1) is 6.92 Å². The SMILES string of the molecule is Cc1ccc(-c2ccnc3nc(-c4n[nH]c5cnc(-c6cncc(NC(=O)Cc7ccccc7)c6)cc45)[nH]c23)s1. The van der Waals surface area contributed by atoms with Crippen LogP contribution in [0.1, 0.15) is 10.4 Å². The first-order valence-corrected chi connectivity index (χ1v) is 13.5. The van der Waals surface area contributed by atoms with Gasteiger partial charge in [0.05, 0.1) is 41.2 Å². The molecule has 0 atom stereocenters. The van der Waals surface area contributed by atoms with Crippen LogP contribution >= 0.6 is 11.3 Å². The quantitative estimate of drug-likeness (QED) is 0.231. The Kier molecular flexibility index (Phi) is 5.86. The first-order chi connectivity index (χ1) is 19.6. The van der Waals surface area contributed by atoms with Crippen LogP contribution in [0.15, 0.2) is 85.5 Å². The van der Waals surface area contributed by atoms with Gasteiger partial charge in [-0.25, -0.2) is 9.97 Å². The summed E-state index contributed by atoms with van der Waals surface area (Å²) in [6, 6.07) is 19.7. The number of thiophene rings is 1. The number of anilines is 1. The number of carbonyl (C=O) groups excluding carboxylic acids is 1. The monoisotopic (exact) mass is 542 g/mol. The number of carbonyl (C=O) groups is 1. The second-order valence-corrected chi connectivity index (χ2v) is 10.7. The molecule has 194 valence electrons. The molecule has 0 bridgehead atoms. The Hall–Kier alpha value is -5.22. The molecule has 3 N–H and O–H groups in total. The van der Waals surface area contributed by atoms with Crippen molar-refractivity contribution in [3.63, 3.8) is 0 Å². The van der Waals surface area contributed by atoms with E-state index in [4.69, 9.17) is 4.98 Å². The Morgan fingerprint density at radius 3 is 2.75 bits per heavy atom. The van der Waals surface area contributed by atoms with Gasteiger partial charge in [-0.3, -0.25) is 19.9 Å². The Bertz CT molecular complexity index is 2010. The lowest BCUT2D eigenvalue weighted by Crippen LogP contribution is -2.14. The number of aromatic nitrogens is 7. The van der Waals surface area contributed by atoms with Crippen molar-refractivity contribution in [1.82, 2.24) is 35.1 Å². The third-order valence-corrected chi connectivity index (χ3v) is 7.63. The first kappa shape index (κ1) is 23.9. The van der Waals surface area contributed by atoms with E-state index in [-0.39, 0.29) is 12.3 Å². The van der Waals surface area contributed by atoms with Crippen LogP contribution in [-0.4, -0.2) is 41.0 Å². The number of nitrogens with zero attached hydrogens (tertiary/aromatic N) is 5. The van der Waals surface area contributed by atoms with Gasteiger partial charge in [0.2, 0.25) is 5.91 Å². The zero-order chi connectivity index (χ0) is 27.1. The Morgan fingerprint density at radius 2 is 1.90 bits per heavy atom. The van der Waals surface area contributed by atoms with Crippen LogP contribution in [0.2, 0.25) is 0 Å². The van der Waals surface area contributed by atoms with Gasteiger partial charge in [0.1, 0.15) is 5.69 Å². The summed E-state index contributed by atoms with van der Waals surface area (Å²) in [7, 11) is 0. The molecule has 1 aromatic carbocycles. The number of fused-ring (bicyclic) bond motifs is 2. The molecule has 7 rings (SSSR count). The van der Waals surface area contributed by atoms with Crippen molar-refractivity contribution in [2.75, 3.05) is 5.32 Å². The van der Waals surface area contributed by atoms with Gasteiger partial charge in [-0.15, -0.1) is 11.3 Å². The van der Waals surface area contributed by atoms with E-state index in [1.54, 1.807) is 36.1 Å². The molecule has 0 spiro atoms. The normalized spacial score (nSPS) is 11.3. The minimum atomic E-state index is -0.110. The average molecular weight is 543 g/mol. The second-order valence-electron chi connectivity index (χ2n) is 9.41. The van der Waals surface area contributed by atoms with E-state index >= 15 is 0 Å². The van der Waals surface area contributed by atoms with Gasteiger partial charge in [0.15, 0.2) is 11.5 Å². The van der Waals surface area contributed by atoms with Crippen molar-refractivity contribution in [3.05, 3.63) is 95.9 Å². The summed E-state index contributed by atoms with van der Waals surface area (Å²) < 4.78 is 0. The molecule has 7 aromatic rings. The van der Waals surface area contributed by atoms with E-state index in [1.807, 2.05) is 48.5 Å². The largest absolute Gasteiger partial charge is 0.335 e. The molecule has 0 saturated heterocycles. The van der Waals surface area contributed by atoms with Gasteiger partial charge in [0, 0.05) is 38.7 Å². The summed E-state index contributed by atoms with van der Waals surface area (Å²) >= 11 is 1.73. The molecule has 0 aliphatic rings. The highest BCUT2D eigenvalue weighted by atomic mass is 32.1. The second kappa shape index (κ2) is 9.83. The Labute approximate surface area is 232 Å². The number of aryl methyl sites for hydroxylation is 1. The average Bonchev–Trinajstić information content (AvgIpc) is 3.71. The fourth-order valence-corrected chi connectivity index (χ4v) is 5.60. The third-order valence-electron chi connectivity index (χ3n) is 6.59. The number of amides is 1. The zero-order valence-corrected chi connectivity index (χ0v) is 22.2. The molecular formula is C30H22N8OS. The van der Waals surface area contributed by atoms with Crippen molar-refractivity contribution >= 4 is 45.0 Å². The molecule has 40 heavy (non-hydrogen) atoms. The molecule has 9 nitrogen and oxygen atoms in total. The number of H-pyrrole nitrogens is 2. The maximum Gasteiger partial charge on any atom is 0.228 e. The van der Waals surface area contributed by atoms with Crippen molar-refractivity contribution in [1.29, 1.82) is 0 Å². The molecule has 6 heterocycles. The lowest BCUT2D eigenvalue weighted by molar-refractivity contribution is -0.115. The molecule has 0 radical (unpaired) electrons. The van der Waals surface area contributed by atoms with Crippen molar-refractivity contribution in [2.24, 2.45) is 0 Å². The summed E-state index contributed by atoms with van der Waals surface area (Å²) in [6.45, 7) is 2.09.